The van der Waals surface area contributed by atoms with E-state index < -0.39 is 11.7 Å². The standard InChI is InChI=1S/C13H16IN3O2S/c1-13(2,3)19-12(18)17-10-9(14)20-11(16-10)8-4-6-15-7-5-8/h4,6-8H,5H2,1-3H3,(H,17,18). The van der Waals surface area contributed by atoms with Gasteiger partial charge < -0.3 is 4.74 Å². The van der Waals surface area contributed by atoms with E-state index in [0.29, 0.717) is 5.82 Å². The van der Waals surface area contributed by atoms with Crippen LogP contribution in [0.5, 0.6) is 0 Å². The third kappa shape index (κ3) is 4.27. The summed E-state index contributed by atoms with van der Waals surface area (Å²) in [6, 6.07) is 0. The van der Waals surface area contributed by atoms with Crippen LogP contribution in [0, 0.1) is 2.88 Å². The number of aliphatic imine (C=N–C) groups is 1. The number of halogens is 1. The molecule has 0 aromatic carbocycles. The van der Waals surface area contributed by atoms with Crippen molar-refractivity contribution in [2.45, 2.75) is 38.7 Å². The molecule has 108 valence electrons. The number of anilines is 1. The normalized spacial score (nSPS) is 18.1. The van der Waals surface area contributed by atoms with E-state index in [0.717, 1.165) is 14.3 Å². The SMILES string of the molecule is CC(C)(C)OC(=O)Nc1nc(C2C=CN=CC2)sc1I. The molecule has 0 saturated carbocycles. The molecule has 1 aliphatic rings. The van der Waals surface area contributed by atoms with Gasteiger partial charge in [0.2, 0.25) is 0 Å². The highest BCUT2D eigenvalue weighted by molar-refractivity contribution is 14.1. The number of allylic oxidation sites excluding steroid dienone is 1. The minimum absolute atomic E-state index is 0.236. The third-order valence-corrected chi connectivity index (χ3v) is 4.56. The summed E-state index contributed by atoms with van der Waals surface area (Å²) in [4.78, 5) is 20.3. The lowest BCUT2D eigenvalue weighted by molar-refractivity contribution is 0.0635. The molecule has 7 heteroatoms. The fraction of sp³-hybridized carbons (Fsp3) is 0.462. The van der Waals surface area contributed by atoms with Crippen LogP contribution in [0.15, 0.2) is 17.3 Å². The zero-order valence-electron chi connectivity index (χ0n) is 11.5. The minimum atomic E-state index is -0.517. The number of hydrogen-bond acceptors (Lipinski definition) is 5. The Kier molecular flexibility index (Phi) is 4.79. The van der Waals surface area contributed by atoms with Crippen molar-refractivity contribution in [1.82, 2.24) is 4.98 Å². The van der Waals surface area contributed by atoms with Gasteiger partial charge in [0.05, 0.1) is 0 Å². The van der Waals surface area contributed by atoms with Crippen LogP contribution in [0.4, 0.5) is 10.6 Å². The molecule has 2 rings (SSSR count). The molecule has 1 amide bonds. The van der Waals surface area contributed by atoms with Gasteiger partial charge in [-0.1, -0.05) is 6.08 Å². The topological polar surface area (TPSA) is 63.6 Å². The second-order valence-electron chi connectivity index (χ2n) is 5.32. The average molecular weight is 405 g/mol. The molecule has 1 aromatic rings. The highest BCUT2D eigenvalue weighted by Crippen LogP contribution is 2.32. The van der Waals surface area contributed by atoms with Gasteiger partial charge >= 0.3 is 6.09 Å². The van der Waals surface area contributed by atoms with Crippen LogP contribution in [0.1, 0.15) is 38.1 Å². The summed E-state index contributed by atoms with van der Waals surface area (Å²) in [5.74, 6) is 0.802. The molecule has 0 fully saturated rings. The van der Waals surface area contributed by atoms with Crippen molar-refractivity contribution in [3.8, 4) is 0 Å². The number of ether oxygens (including phenoxy) is 1. The highest BCUT2D eigenvalue weighted by atomic mass is 127. The van der Waals surface area contributed by atoms with Gasteiger partial charge in [-0.05, 0) is 49.8 Å². The van der Waals surface area contributed by atoms with Crippen LogP contribution in [0.2, 0.25) is 0 Å². The summed E-state index contributed by atoms with van der Waals surface area (Å²) in [7, 11) is 0. The lowest BCUT2D eigenvalue weighted by atomic mass is 10.1. The summed E-state index contributed by atoms with van der Waals surface area (Å²) in [6.07, 6.45) is 6.04. The van der Waals surface area contributed by atoms with Crippen molar-refractivity contribution >= 4 is 52.1 Å². The average Bonchev–Trinajstić information content (AvgIpc) is 2.70. The second kappa shape index (κ2) is 6.21. The molecule has 1 atom stereocenters. The van der Waals surface area contributed by atoms with Crippen molar-refractivity contribution in [3.63, 3.8) is 0 Å². The smallest absolute Gasteiger partial charge is 0.413 e. The molecule has 20 heavy (non-hydrogen) atoms. The maximum atomic E-state index is 11.8. The molecule has 1 aromatic heterocycles. The molecular weight excluding hydrogens is 389 g/mol. The molecule has 0 bridgehead atoms. The molecular formula is C13H16IN3O2S. The van der Waals surface area contributed by atoms with Crippen molar-refractivity contribution in [1.29, 1.82) is 0 Å². The van der Waals surface area contributed by atoms with Crippen LogP contribution in [0.3, 0.4) is 0 Å². The Morgan fingerprint density at radius 1 is 1.55 bits per heavy atom. The van der Waals surface area contributed by atoms with Crippen LogP contribution < -0.4 is 5.32 Å². The first-order chi connectivity index (χ1) is 9.35. The van der Waals surface area contributed by atoms with E-state index in [-0.39, 0.29) is 5.92 Å². The fourth-order valence-electron chi connectivity index (χ4n) is 1.60. The van der Waals surface area contributed by atoms with E-state index in [2.05, 4.69) is 37.9 Å². The lowest BCUT2D eigenvalue weighted by Gasteiger charge is -2.19. The Balaban J connectivity index is 2.06. The monoisotopic (exact) mass is 405 g/mol. The van der Waals surface area contributed by atoms with Crippen LogP contribution >= 0.6 is 33.9 Å². The quantitative estimate of drug-likeness (QED) is 0.752. The van der Waals surface area contributed by atoms with E-state index in [9.17, 15) is 4.79 Å². The van der Waals surface area contributed by atoms with Crippen LogP contribution in [-0.2, 0) is 4.74 Å². The van der Waals surface area contributed by atoms with Crippen molar-refractivity contribution in [2.24, 2.45) is 4.99 Å². The number of nitrogens with zero attached hydrogens (tertiary/aromatic N) is 2. The van der Waals surface area contributed by atoms with Gasteiger partial charge in [-0.25, -0.2) is 9.78 Å². The molecule has 2 heterocycles. The van der Waals surface area contributed by atoms with Gasteiger partial charge in [0.25, 0.3) is 0 Å². The zero-order valence-corrected chi connectivity index (χ0v) is 14.5. The van der Waals surface area contributed by atoms with Gasteiger partial charge in [0.15, 0.2) is 5.82 Å². The first-order valence-corrected chi connectivity index (χ1v) is 8.09. The van der Waals surface area contributed by atoms with Crippen LogP contribution in [-0.4, -0.2) is 22.9 Å². The predicted molar refractivity (Wildman–Crippen MR) is 89.7 cm³/mol. The van der Waals surface area contributed by atoms with Crippen molar-refractivity contribution in [2.75, 3.05) is 5.32 Å². The highest BCUT2D eigenvalue weighted by Gasteiger charge is 2.21. The molecule has 0 saturated heterocycles. The van der Waals surface area contributed by atoms with Gasteiger partial charge in [0, 0.05) is 18.3 Å². The Labute approximate surface area is 135 Å². The van der Waals surface area contributed by atoms with E-state index in [4.69, 9.17) is 4.74 Å². The number of carbonyl (C=O) groups is 1. The predicted octanol–water partition coefficient (Wildman–Crippen LogP) is 4.17. The summed E-state index contributed by atoms with van der Waals surface area (Å²) < 4.78 is 6.17. The first-order valence-electron chi connectivity index (χ1n) is 6.20. The lowest BCUT2D eigenvalue weighted by Crippen LogP contribution is -2.27. The number of carbonyl (C=O) groups excluding carboxylic acids is 1. The number of hydrogen-bond donors (Lipinski definition) is 1. The number of aromatic nitrogens is 1. The molecule has 0 radical (unpaired) electrons. The Morgan fingerprint density at radius 3 is 2.90 bits per heavy atom. The third-order valence-electron chi connectivity index (χ3n) is 2.41. The van der Waals surface area contributed by atoms with Gasteiger partial charge in [0.1, 0.15) is 13.5 Å². The minimum Gasteiger partial charge on any atom is -0.444 e. The largest absolute Gasteiger partial charge is 0.444 e. The first kappa shape index (κ1) is 15.4. The Morgan fingerprint density at radius 2 is 2.30 bits per heavy atom. The molecule has 1 aliphatic heterocycles. The van der Waals surface area contributed by atoms with E-state index in [1.165, 1.54) is 0 Å². The molecule has 0 spiro atoms. The van der Waals surface area contributed by atoms with Crippen molar-refractivity contribution < 1.29 is 9.53 Å². The van der Waals surface area contributed by atoms with Crippen LogP contribution in [0.25, 0.3) is 0 Å². The fourth-order valence-corrected chi connectivity index (χ4v) is 3.38. The van der Waals surface area contributed by atoms with E-state index in [1.54, 1.807) is 17.5 Å². The molecule has 1 N–H and O–H groups in total. The second-order valence-corrected chi connectivity index (χ2v) is 8.16. The Hall–Kier alpha value is -0.960. The number of thiazole rings is 1. The maximum absolute atomic E-state index is 11.8. The summed E-state index contributed by atoms with van der Waals surface area (Å²) in [6.45, 7) is 5.49. The van der Waals surface area contributed by atoms with Crippen molar-refractivity contribution in [3.05, 3.63) is 20.2 Å². The van der Waals surface area contributed by atoms with E-state index in [1.807, 2.05) is 33.1 Å². The summed E-state index contributed by atoms with van der Waals surface area (Å²) in [5, 5.41) is 3.67. The van der Waals surface area contributed by atoms with Gasteiger partial charge in [-0.15, -0.1) is 11.3 Å². The Bertz CT molecular complexity index is 560. The summed E-state index contributed by atoms with van der Waals surface area (Å²) in [5.41, 5.74) is -0.517. The number of rotatable bonds is 2. The zero-order chi connectivity index (χ0) is 14.8. The summed E-state index contributed by atoms with van der Waals surface area (Å²) >= 11 is 3.75. The molecule has 1 unspecified atom stereocenters. The van der Waals surface area contributed by atoms with Gasteiger partial charge in [-0.2, -0.15) is 0 Å². The molecule has 5 nitrogen and oxygen atoms in total. The number of amides is 1. The molecule has 0 aliphatic carbocycles. The number of nitrogens with one attached hydrogen (secondary N) is 1. The van der Waals surface area contributed by atoms with Gasteiger partial charge in [-0.3, -0.25) is 10.3 Å². The maximum Gasteiger partial charge on any atom is 0.413 e. The van der Waals surface area contributed by atoms with E-state index >= 15 is 0 Å².